The average Bonchev–Trinajstić information content (AvgIpc) is 3.61. The number of piperazine rings is 1. The largest absolute Gasteiger partial charge is 0.352 e. The van der Waals surface area contributed by atoms with Gasteiger partial charge in [0.15, 0.2) is 5.82 Å². The zero-order chi connectivity index (χ0) is 25.1. The fourth-order valence-corrected chi connectivity index (χ4v) is 4.56. The van der Waals surface area contributed by atoms with Gasteiger partial charge in [-0.25, -0.2) is 14.9 Å². The van der Waals surface area contributed by atoms with E-state index in [-0.39, 0.29) is 16.8 Å². The predicted molar refractivity (Wildman–Crippen MR) is 140 cm³/mol. The summed E-state index contributed by atoms with van der Waals surface area (Å²) < 4.78 is 17.8. The molecule has 1 saturated carbocycles. The Kier molecular flexibility index (Phi) is 7.55. The minimum Gasteiger partial charge on any atom is -0.352 e. The minimum absolute atomic E-state index is 0.0639. The zero-order valence-corrected chi connectivity index (χ0v) is 20.6. The zero-order valence-electron chi connectivity index (χ0n) is 20.6. The van der Waals surface area contributed by atoms with Gasteiger partial charge in [-0.05, 0) is 56.3 Å². The van der Waals surface area contributed by atoms with Crippen molar-refractivity contribution in [2.24, 2.45) is 5.92 Å². The molecule has 0 unspecified atom stereocenters. The molecule has 188 valence electrons. The van der Waals surface area contributed by atoms with Gasteiger partial charge in [0, 0.05) is 38.4 Å². The Morgan fingerprint density at radius 3 is 2.81 bits per heavy atom. The molecule has 1 aromatic heterocycles. The van der Waals surface area contributed by atoms with E-state index in [0.717, 1.165) is 57.5 Å². The van der Waals surface area contributed by atoms with E-state index in [1.807, 2.05) is 11.5 Å². The highest BCUT2D eigenvalue weighted by molar-refractivity contribution is 6.32. The van der Waals surface area contributed by atoms with Crippen molar-refractivity contribution in [3.63, 3.8) is 0 Å². The standard InChI is InChI=1S/C26H32BFN6O2/c1-17-13-19(27)5-6-21(17)31-24-20(26(35)32-36-15-18-3-4-18)14-22-25(23(24)28)30-16-34(22)10-2-9-33-11-7-29-8-12-33/h5-6,13-14,16,18,29,31H,2-4,7-12,15H2,1H3,(H,32,35). The third-order valence-corrected chi connectivity index (χ3v) is 6.87. The van der Waals surface area contributed by atoms with Crippen LogP contribution in [0.1, 0.15) is 35.2 Å². The van der Waals surface area contributed by atoms with Crippen LogP contribution in [0, 0.1) is 18.7 Å². The molecule has 1 saturated heterocycles. The number of nitrogens with zero attached hydrogens (tertiary/aromatic N) is 3. The summed E-state index contributed by atoms with van der Waals surface area (Å²) in [6, 6.07) is 7.00. The van der Waals surface area contributed by atoms with Crippen LogP contribution in [0.4, 0.5) is 15.8 Å². The number of imidazole rings is 1. The Morgan fingerprint density at radius 1 is 1.25 bits per heavy atom. The summed E-state index contributed by atoms with van der Waals surface area (Å²) in [6.45, 7) is 8.05. The summed E-state index contributed by atoms with van der Waals surface area (Å²) in [5, 5.41) is 6.47. The highest BCUT2D eigenvalue weighted by atomic mass is 19.1. The first-order chi connectivity index (χ1) is 17.5. The van der Waals surface area contributed by atoms with Crippen LogP contribution in [0.25, 0.3) is 11.0 Å². The number of carbonyl (C=O) groups excluding carboxylic acids is 1. The predicted octanol–water partition coefficient (Wildman–Crippen LogP) is 2.39. The number of amides is 1. The van der Waals surface area contributed by atoms with Gasteiger partial charge in [0.05, 0.1) is 29.7 Å². The molecule has 2 aliphatic rings. The molecule has 0 spiro atoms. The topological polar surface area (TPSA) is 83.5 Å². The normalized spacial score (nSPS) is 16.4. The van der Waals surface area contributed by atoms with Crippen molar-refractivity contribution in [2.75, 3.05) is 44.6 Å². The van der Waals surface area contributed by atoms with Crippen LogP contribution in [0.15, 0.2) is 30.6 Å². The first kappa shape index (κ1) is 24.7. The number of halogens is 1. The second-order valence-electron chi connectivity index (χ2n) is 9.75. The Labute approximate surface area is 211 Å². The van der Waals surface area contributed by atoms with Crippen molar-refractivity contribution >= 4 is 41.6 Å². The van der Waals surface area contributed by atoms with Gasteiger partial charge in [0.1, 0.15) is 13.4 Å². The molecular weight excluding hydrogens is 458 g/mol. The monoisotopic (exact) mass is 490 g/mol. The van der Waals surface area contributed by atoms with Crippen molar-refractivity contribution < 1.29 is 14.0 Å². The van der Waals surface area contributed by atoms with E-state index in [1.54, 1.807) is 30.6 Å². The molecule has 1 amide bonds. The second kappa shape index (κ2) is 11.0. The maximum absolute atomic E-state index is 15.9. The fourth-order valence-electron chi connectivity index (χ4n) is 4.56. The molecular formula is C26H32BFN6O2. The molecule has 0 bridgehead atoms. The lowest BCUT2D eigenvalue weighted by Crippen LogP contribution is -2.43. The lowest BCUT2D eigenvalue weighted by molar-refractivity contribution is 0.0271. The van der Waals surface area contributed by atoms with Crippen molar-refractivity contribution in [2.45, 2.75) is 32.7 Å². The lowest BCUT2D eigenvalue weighted by atomic mass is 9.94. The Bertz CT molecular complexity index is 1240. The van der Waals surface area contributed by atoms with Crippen molar-refractivity contribution in [3.8, 4) is 0 Å². The van der Waals surface area contributed by atoms with Crippen LogP contribution in [-0.4, -0.2) is 67.5 Å². The van der Waals surface area contributed by atoms with Crippen LogP contribution >= 0.6 is 0 Å². The Hall–Kier alpha value is -2.95. The van der Waals surface area contributed by atoms with Crippen LogP contribution in [-0.2, 0) is 11.4 Å². The SMILES string of the molecule is [B]c1ccc(Nc2c(C(=O)NOCC3CC3)cc3c(ncn3CCCN3CCNCC3)c2F)c(C)c1. The molecule has 8 nitrogen and oxygen atoms in total. The number of carbonyl (C=O) groups is 1. The molecule has 2 radical (unpaired) electrons. The van der Waals surface area contributed by atoms with Crippen LogP contribution in [0.3, 0.4) is 0 Å². The van der Waals surface area contributed by atoms with E-state index in [1.165, 1.54) is 0 Å². The second-order valence-corrected chi connectivity index (χ2v) is 9.75. The number of anilines is 2. The summed E-state index contributed by atoms with van der Waals surface area (Å²) >= 11 is 0. The summed E-state index contributed by atoms with van der Waals surface area (Å²) in [6.07, 6.45) is 4.76. The molecule has 10 heteroatoms. The molecule has 2 aromatic carbocycles. The number of rotatable bonds is 10. The quantitative estimate of drug-likeness (QED) is 0.299. The molecule has 1 aliphatic carbocycles. The summed E-state index contributed by atoms with van der Waals surface area (Å²) in [5.41, 5.74) is 5.64. The smallest absolute Gasteiger partial charge is 0.277 e. The van der Waals surface area contributed by atoms with Gasteiger partial charge in [-0.15, -0.1) is 0 Å². The number of aryl methyl sites for hydroxylation is 2. The molecule has 0 atom stereocenters. The van der Waals surface area contributed by atoms with E-state index < -0.39 is 11.7 Å². The number of benzene rings is 2. The Morgan fingerprint density at radius 2 is 2.06 bits per heavy atom. The van der Waals surface area contributed by atoms with Crippen LogP contribution in [0.2, 0.25) is 0 Å². The molecule has 2 heterocycles. The number of aromatic nitrogens is 2. The van der Waals surface area contributed by atoms with Crippen LogP contribution in [0.5, 0.6) is 0 Å². The number of fused-ring (bicyclic) bond motifs is 1. The van der Waals surface area contributed by atoms with E-state index in [2.05, 4.69) is 26.0 Å². The van der Waals surface area contributed by atoms with E-state index in [0.29, 0.717) is 35.7 Å². The van der Waals surface area contributed by atoms with E-state index >= 15 is 4.39 Å². The van der Waals surface area contributed by atoms with Gasteiger partial charge in [-0.1, -0.05) is 17.6 Å². The molecule has 5 rings (SSSR count). The van der Waals surface area contributed by atoms with Gasteiger partial charge in [-0.2, -0.15) is 0 Å². The summed E-state index contributed by atoms with van der Waals surface area (Å²) in [7, 11) is 5.88. The first-order valence-corrected chi connectivity index (χ1v) is 12.7. The fraction of sp³-hybridized carbons (Fsp3) is 0.462. The number of hydrogen-bond acceptors (Lipinski definition) is 6. The highest BCUT2D eigenvalue weighted by Gasteiger charge is 2.25. The average molecular weight is 490 g/mol. The third kappa shape index (κ3) is 5.72. The van der Waals surface area contributed by atoms with Crippen molar-refractivity contribution in [3.05, 3.63) is 47.5 Å². The van der Waals surface area contributed by atoms with Gasteiger partial charge >= 0.3 is 0 Å². The van der Waals surface area contributed by atoms with E-state index in [4.69, 9.17) is 12.7 Å². The maximum atomic E-state index is 15.9. The number of hydrogen-bond donors (Lipinski definition) is 3. The van der Waals surface area contributed by atoms with Crippen LogP contribution < -0.4 is 21.6 Å². The molecule has 1 aliphatic heterocycles. The summed E-state index contributed by atoms with van der Waals surface area (Å²) in [4.78, 5) is 25.3. The lowest BCUT2D eigenvalue weighted by Gasteiger charge is -2.27. The van der Waals surface area contributed by atoms with Gasteiger partial charge in [0.25, 0.3) is 5.91 Å². The van der Waals surface area contributed by atoms with E-state index in [9.17, 15) is 4.79 Å². The molecule has 36 heavy (non-hydrogen) atoms. The van der Waals surface area contributed by atoms with Gasteiger partial charge < -0.3 is 20.1 Å². The Balaban J connectivity index is 1.42. The third-order valence-electron chi connectivity index (χ3n) is 6.87. The van der Waals surface area contributed by atoms with Gasteiger partial charge in [0.2, 0.25) is 0 Å². The number of nitrogens with one attached hydrogen (secondary N) is 3. The molecule has 2 fully saturated rings. The number of hydroxylamine groups is 1. The summed E-state index contributed by atoms with van der Waals surface area (Å²) in [5.74, 6) is -0.589. The van der Waals surface area contributed by atoms with Crippen molar-refractivity contribution in [1.82, 2.24) is 25.2 Å². The van der Waals surface area contributed by atoms with Gasteiger partial charge in [-0.3, -0.25) is 9.63 Å². The molecule has 3 aromatic rings. The minimum atomic E-state index is -0.572. The highest BCUT2D eigenvalue weighted by Crippen LogP contribution is 2.32. The van der Waals surface area contributed by atoms with Crippen molar-refractivity contribution in [1.29, 1.82) is 0 Å². The molecule has 3 N–H and O–H groups in total. The first-order valence-electron chi connectivity index (χ1n) is 12.7. The maximum Gasteiger partial charge on any atom is 0.277 e.